The normalized spacial score (nSPS) is 12.8. The summed E-state index contributed by atoms with van der Waals surface area (Å²) in [6.07, 6.45) is 1.93. The van der Waals surface area contributed by atoms with Crippen molar-refractivity contribution in [1.29, 1.82) is 0 Å². The van der Waals surface area contributed by atoms with Gasteiger partial charge in [-0.25, -0.2) is 4.98 Å². The zero-order valence-electron chi connectivity index (χ0n) is 49.5. The van der Waals surface area contributed by atoms with Crippen LogP contribution in [0, 0.1) is 18.8 Å². The molecule has 0 radical (unpaired) electrons. The number of nitrogens with zero attached hydrogens (tertiary/aromatic N) is 5. The van der Waals surface area contributed by atoms with Gasteiger partial charge in [0, 0.05) is 77.8 Å². The van der Waals surface area contributed by atoms with Gasteiger partial charge in [0.05, 0.1) is 11.0 Å². The minimum absolute atomic E-state index is 0. The molecule has 0 saturated heterocycles. The van der Waals surface area contributed by atoms with Crippen LogP contribution in [0.2, 0.25) is 0 Å². The Balaban J connectivity index is 0.00000672. The first kappa shape index (κ1) is 55.2. The van der Waals surface area contributed by atoms with Gasteiger partial charge in [-0.2, -0.15) is 12.1 Å². The van der Waals surface area contributed by atoms with Crippen molar-refractivity contribution in [2.75, 3.05) is 9.80 Å². The van der Waals surface area contributed by atoms with Crippen LogP contribution < -0.4 is 14.5 Å². The average Bonchev–Trinajstić information content (AvgIpc) is 1.79. The van der Waals surface area contributed by atoms with Gasteiger partial charge in [-0.1, -0.05) is 195 Å². The molecule has 7 heteroatoms. The zero-order valence-corrected chi connectivity index (χ0v) is 51.7. The van der Waals surface area contributed by atoms with E-state index in [1.807, 2.05) is 18.3 Å². The van der Waals surface area contributed by atoms with Gasteiger partial charge in [0.25, 0.3) is 0 Å². The molecule has 0 spiro atoms. The predicted molar refractivity (Wildman–Crippen MR) is 351 cm³/mol. The second-order valence-corrected chi connectivity index (χ2v) is 25.4. The third-order valence-electron chi connectivity index (χ3n) is 16.7. The number of anilines is 4. The van der Waals surface area contributed by atoms with Crippen molar-refractivity contribution < 1.29 is 25.8 Å². The molecule has 1 aliphatic rings. The minimum Gasteiger partial charge on any atom is -0.509 e. The van der Waals surface area contributed by atoms with Crippen LogP contribution >= 0.6 is 0 Å². The minimum atomic E-state index is -0.105. The number of ether oxygens (including phenoxy) is 1. The van der Waals surface area contributed by atoms with Crippen molar-refractivity contribution in [2.45, 2.75) is 78.6 Å². The number of benzene rings is 10. The molecule has 3 aromatic heterocycles. The molecule has 0 saturated carbocycles. The van der Waals surface area contributed by atoms with Gasteiger partial charge in [0.1, 0.15) is 5.82 Å². The van der Waals surface area contributed by atoms with E-state index >= 15 is 0 Å². The maximum absolute atomic E-state index is 6.94. The molecule has 0 N–H and O–H groups in total. The molecule has 422 valence electrons. The summed E-state index contributed by atoms with van der Waals surface area (Å²) < 4.78 is 11.6. The Morgan fingerprint density at radius 1 is 0.400 bits per heavy atom. The number of rotatable bonds is 9. The van der Waals surface area contributed by atoms with Crippen LogP contribution in [0.3, 0.4) is 0 Å². The van der Waals surface area contributed by atoms with E-state index in [0.29, 0.717) is 11.5 Å². The first-order valence-corrected chi connectivity index (χ1v) is 29.2. The van der Waals surface area contributed by atoms with E-state index < -0.39 is 0 Å². The van der Waals surface area contributed by atoms with Gasteiger partial charge in [-0.3, -0.25) is 0 Å². The fourth-order valence-corrected chi connectivity index (χ4v) is 12.2. The fraction of sp³-hybridized carbons (Fsp3) is 0.154. The number of hydrogen-bond donors (Lipinski definition) is 0. The molecule has 10 aromatic carbocycles. The molecule has 0 fully saturated rings. The van der Waals surface area contributed by atoms with Crippen LogP contribution in [0.1, 0.15) is 79.0 Å². The summed E-state index contributed by atoms with van der Waals surface area (Å²) >= 11 is 0. The topological polar surface area (TPSA) is 38.5 Å². The Morgan fingerprint density at radius 3 is 1.78 bits per heavy atom. The van der Waals surface area contributed by atoms with E-state index in [-0.39, 0.29) is 37.3 Å². The molecule has 0 bridgehead atoms. The summed E-state index contributed by atoms with van der Waals surface area (Å²) in [5.74, 6) is 1.97. The number of aromatic nitrogens is 3. The Labute approximate surface area is 513 Å². The fourth-order valence-electron chi connectivity index (χ4n) is 12.2. The van der Waals surface area contributed by atoms with E-state index in [9.17, 15) is 0 Å². The Hall–Kier alpha value is -8.96. The molecular weight excluding hydrogens is 1220 g/mol. The first-order valence-electron chi connectivity index (χ1n) is 29.2. The van der Waals surface area contributed by atoms with Gasteiger partial charge in [-0.05, 0) is 138 Å². The maximum atomic E-state index is 6.94. The second kappa shape index (κ2) is 21.3. The first-order chi connectivity index (χ1) is 40.5. The van der Waals surface area contributed by atoms with Crippen molar-refractivity contribution in [3.8, 4) is 56.4 Å². The molecular formula is C78H66N5OPt-3. The molecule has 14 rings (SSSR count). The molecule has 0 amide bonds. The second-order valence-electron chi connectivity index (χ2n) is 25.4. The van der Waals surface area contributed by atoms with Crippen molar-refractivity contribution in [3.63, 3.8) is 0 Å². The van der Waals surface area contributed by atoms with Crippen molar-refractivity contribution in [2.24, 2.45) is 0 Å². The predicted octanol–water partition coefficient (Wildman–Crippen LogP) is 21.0. The van der Waals surface area contributed by atoms with E-state index in [1.165, 1.54) is 38.5 Å². The molecule has 1 aliphatic heterocycles. The molecule has 6 nitrogen and oxygen atoms in total. The van der Waals surface area contributed by atoms with Crippen LogP contribution in [-0.4, -0.2) is 14.1 Å². The molecule has 13 aromatic rings. The zero-order chi connectivity index (χ0) is 57.6. The largest absolute Gasteiger partial charge is 0.509 e. The van der Waals surface area contributed by atoms with E-state index in [4.69, 9.17) is 9.72 Å². The van der Waals surface area contributed by atoms with Crippen molar-refractivity contribution in [1.82, 2.24) is 14.1 Å². The summed E-state index contributed by atoms with van der Waals surface area (Å²) in [5.41, 5.74) is 19.9. The van der Waals surface area contributed by atoms with E-state index in [2.05, 4.69) is 312 Å². The van der Waals surface area contributed by atoms with Gasteiger partial charge >= 0.3 is 0 Å². The molecule has 4 heterocycles. The summed E-state index contributed by atoms with van der Waals surface area (Å²) in [6.45, 7) is 22.7. The average molecular weight is 1280 g/mol. The van der Waals surface area contributed by atoms with Crippen LogP contribution in [-0.2, 0) is 37.3 Å². The summed E-state index contributed by atoms with van der Waals surface area (Å²) in [7, 11) is 0. The smallest absolute Gasteiger partial charge is 0.135 e. The standard InChI is InChI=1S/C78H66N5O.Pt/c1-76(2,3)54-40-41-79-74(47-54)83-70-33-21-31-66(63-29-17-16-28-62(63)53-34-37-65-64-30-18-19-32-68(64)82(71(65)43-53)57-24-14-11-15-25-57)75(70)67-38-36-61(49-72(67)83)84-60-27-20-26-58(48-60)80-50-81(59-45-55(77(4,5)6)44-56(46-59)78(7,8)9)69-39-35-52(42-73(69)80)51-22-12-10-13-23-51;/h10-47,50H,1-9H3;/q-3;. The summed E-state index contributed by atoms with van der Waals surface area (Å²) in [4.78, 5) is 9.67. The third-order valence-corrected chi connectivity index (χ3v) is 16.7. The van der Waals surface area contributed by atoms with Crippen LogP contribution in [0.25, 0.3) is 88.5 Å². The van der Waals surface area contributed by atoms with Crippen LogP contribution in [0.4, 0.5) is 22.7 Å². The Morgan fingerprint density at radius 2 is 1.02 bits per heavy atom. The number of hydrogen-bond acceptors (Lipinski definition) is 4. The molecule has 0 unspecified atom stereocenters. The van der Waals surface area contributed by atoms with Crippen LogP contribution in [0.15, 0.2) is 231 Å². The molecule has 85 heavy (non-hydrogen) atoms. The van der Waals surface area contributed by atoms with E-state index in [0.717, 1.165) is 89.4 Å². The summed E-state index contributed by atoms with van der Waals surface area (Å²) in [5, 5.41) is 4.62. The molecule has 0 atom stereocenters. The Kier molecular flexibility index (Phi) is 13.8. The van der Waals surface area contributed by atoms with Crippen molar-refractivity contribution >= 4 is 66.4 Å². The van der Waals surface area contributed by atoms with Crippen molar-refractivity contribution in [3.05, 3.63) is 266 Å². The van der Waals surface area contributed by atoms with Gasteiger partial charge < -0.3 is 23.7 Å². The maximum Gasteiger partial charge on any atom is 0.135 e. The van der Waals surface area contributed by atoms with E-state index in [1.54, 1.807) is 0 Å². The van der Waals surface area contributed by atoms with Gasteiger partial charge in [0.15, 0.2) is 0 Å². The Bertz CT molecular complexity index is 4660. The number of fused-ring (bicyclic) bond motifs is 7. The molecule has 0 aliphatic carbocycles. The monoisotopic (exact) mass is 1280 g/mol. The number of pyridine rings is 1. The quantitative estimate of drug-likeness (QED) is 0.135. The van der Waals surface area contributed by atoms with Crippen LogP contribution in [0.5, 0.6) is 11.5 Å². The third kappa shape index (κ3) is 10.0. The van der Waals surface area contributed by atoms with Gasteiger partial charge in [-0.15, -0.1) is 48.1 Å². The number of para-hydroxylation sites is 2. The SMILES string of the molecule is CC(C)(C)c1cc(N2[CH-]N(c3[c-]c(Oc4[c-]c5c(cc4)c4c(-c6ccccc6-c6ccc7c8ccccc8n(-c8ccccc8)c7c6)cccc4n5-c4cc(C(C)(C)C)ccn4)ccc3)c3cc(-c4ccccc4)ccc32)cc(C(C)(C)C)c1.[Pt]. The van der Waals surface area contributed by atoms with Gasteiger partial charge in [0.2, 0.25) is 0 Å². The summed E-state index contributed by atoms with van der Waals surface area (Å²) in [6, 6.07) is 88.5.